The van der Waals surface area contributed by atoms with Gasteiger partial charge in [-0.3, -0.25) is 4.90 Å². The summed E-state index contributed by atoms with van der Waals surface area (Å²) in [6, 6.07) is 13.5. The molecule has 4 heteroatoms. The van der Waals surface area contributed by atoms with Gasteiger partial charge in [0.25, 0.3) is 0 Å². The summed E-state index contributed by atoms with van der Waals surface area (Å²) in [6.45, 7) is 1.65. The van der Waals surface area contributed by atoms with Gasteiger partial charge < -0.3 is 5.73 Å². The van der Waals surface area contributed by atoms with Crippen LogP contribution in [0.5, 0.6) is 0 Å². The molecule has 0 aliphatic heterocycles. The molecule has 0 heterocycles. The highest BCUT2D eigenvalue weighted by molar-refractivity contribution is 6.31. The third-order valence-corrected chi connectivity index (χ3v) is 3.27. The third kappa shape index (κ3) is 4.43. The zero-order chi connectivity index (χ0) is 13.8. The maximum absolute atomic E-state index is 6.00. The van der Waals surface area contributed by atoms with Crippen LogP contribution in [0.15, 0.2) is 42.5 Å². The SMILES string of the molecule is CN(Cc1ccc(Cl)cc1)Cc1cc(N)cc(Cl)c1. The minimum Gasteiger partial charge on any atom is -0.399 e. The Morgan fingerprint density at radius 2 is 1.53 bits per heavy atom. The van der Waals surface area contributed by atoms with Crippen molar-refractivity contribution in [3.63, 3.8) is 0 Å². The van der Waals surface area contributed by atoms with E-state index in [-0.39, 0.29) is 0 Å². The normalized spacial score (nSPS) is 10.9. The summed E-state index contributed by atoms with van der Waals surface area (Å²) >= 11 is 11.9. The standard InChI is InChI=1S/C15H16Cl2N2/c1-19(9-11-2-4-13(16)5-3-11)10-12-6-14(17)8-15(18)7-12/h2-8H,9-10,18H2,1H3. The molecule has 0 spiro atoms. The molecule has 2 nitrogen and oxygen atoms in total. The monoisotopic (exact) mass is 294 g/mol. The van der Waals surface area contributed by atoms with E-state index in [1.807, 2.05) is 36.4 Å². The van der Waals surface area contributed by atoms with E-state index in [1.54, 1.807) is 6.07 Å². The summed E-state index contributed by atoms with van der Waals surface area (Å²) in [5, 5.41) is 1.43. The molecule has 0 saturated heterocycles. The summed E-state index contributed by atoms with van der Waals surface area (Å²) in [7, 11) is 2.06. The first-order valence-corrected chi connectivity index (χ1v) is 6.76. The van der Waals surface area contributed by atoms with Gasteiger partial charge in [0.1, 0.15) is 0 Å². The second-order valence-corrected chi connectivity index (χ2v) is 5.56. The lowest BCUT2D eigenvalue weighted by atomic mass is 10.1. The summed E-state index contributed by atoms with van der Waals surface area (Å²) < 4.78 is 0. The van der Waals surface area contributed by atoms with E-state index >= 15 is 0 Å². The van der Waals surface area contributed by atoms with Gasteiger partial charge in [-0.15, -0.1) is 0 Å². The van der Waals surface area contributed by atoms with Crippen LogP contribution >= 0.6 is 23.2 Å². The average Bonchev–Trinajstić information content (AvgIpc) is 2.30. The zero-order valence-electron chi connectivity index (χ0n) is 10.7. The number of rotatable bonds is 4. The fraction of sp³-hybridized carbons (Fsp3) is 0.200. The number of anilines is 1. The van der Waals surface area contributed by atoms with Crippen LogP contribution in [0.2, 0.25) is 10.0 Å². The van der Waals surface area contributed by atoms with Crippen molar-refractivity contribution in [1.82, 2.24) is 4.90 Å². The molecule has 2 rings (SSSR count). The van der Waals surface area contributed by atoms with Gasteiger partial charge in [0.15, 0.2) is 0 Å². The van der Waals surface area contributed by atoms with E-state index < -0.39 is 0 Å². The molecule has 0 aliphatic rings. The number of hydrogen-bond acceptors (Lipinski definition) is 2. The van der Waals surface area contributed by atoms with Gasteiger partial charge in [-0.1, -0.05) is 35.3 Å². The first-order chi connectivity index (χ1) is 9.02. The fourth-order valence-electron chi connectivity index (χ4n) is 2.04. The number of hydrogen-bond donors (Lipinski definition) is 1. The first-order valence-electron chi connectivity index (χ1n) is 6.01. The molecule has 2 N–H and O–H groups in total. The molecular weight excluding hydrogens is 279 g/mol. The molecule has 0 saturated carbocycles. The third-order valence-electron chi connectivity index (χ3n) is 2.80. The van der Waals surface area contributed by atoms with Crippen molar-refractivity contribution in [3.05, 3.63) is 63.6 Å². The summed E-state index contributed by atoms with van der Waals surface area (Å²) in [6.07, 6.45) is 0. The van der Waals surface area contributed by atoms with Crippen molar-refractivity contribution < 1.29 is 0 Å². The van der Waals surface area contributed by atoms with E-state index in [9.17, 15) is 0 Å². The van der Waals surface area contributed by atoms with E-state index in [4.69, 9.17) is 28.9 Å². The molecule has 2 aromatic carbocycles. The van der Waals surface area contributed by atoms with E-state index in [0.29, 0.717) is 10.7 Å². The van der Waals surface area contributed by atoms with Crippen LogP contribution in [-0.4, -0.2) is 11.9 Å². The highest BCUT2D eigenvalue weighted by atomic mass is 35.5. The summed E-state index contributed by atoms with van der Waals surface area (Å²) in [5.41, 5.74) is 8.82. The average molecular weight is 295 g/mol. The smallest absolute Gasteiger partial charge is 0.0429 e. The van der Waals surface area contributed by atoms with Crippen LogP contribution in [0, 0.1) is 0 Å². The van der Waals surface area contributed by atoms with Gasteiger partial charge in [0, 0.05) is 28.8 Å². The Bertz CT molecular complexity index is 532. The Morgan fingerprint density at radius 1 is 0.895 bits per heavy atom. The number of nitrogens with two attached hydrogens (primary N) is 1. The molecule has 0 aromatic heterocycles. The van der Waals surface area contributed by atoms with Gasteiger partial charge in [0.2, 0.25) is 0 Å². The Kier molecular flexibility index (Phi) is 4.70. The van der Waals surface area contributed by atoms with Crippen molar-refractivity contribution in [1.29, 1.82) is 0 Å². The van der Waals surface area contributed by atoms with Gasteiger partial charge in [-0.05, 0) is 48.5 Å². The van der Waals surface area contributed by atoms with Gasteiger partial charge >= 0.3 is 0 Å². The van der Waals surface area contributed by atoms with Crippen molar-refractivity contribution >= 4 is 28.9 Å². The minimum absolute atomic E-state index is 0.676. The highest BCUT2D eigenvalue weighted by Gasteiger charge is 2.04. The maximum atomic E-state index is 6.00. The zero-order valence-corrected chi connectivity index (χ0v) is 12.2. The molecule has 0 atom stereocenters. The molecule has 0 aliphatic carbocycles. The lowest BCUT2D eigenvalue weighted by Gasteiger charge is -2.17. The minimum atomic E-state index is 0.676. The van der Waals surface area contributed by atoms with E-state index in [1.165, 1.54) is 5.56 Å². The highest BCUT2D eigenvalue weighted by Crippen LogP contribution is 2.18. The van der Waals surface area contributed by atoms with Crippen LogP contribution in [0.4, 0.5) is 5.69 Å². The molecule has 2 aromatic rings. The predicted molar refractivity (Wildman–Crippen MR) is 82.5 cm³/mol. The number of nitrogen functional groups attached to an aromatic ring is 1. The quantitative estimate of drug-likeness (QED) is 0.856. The largest absolute Gasteiger partial charge is 0.399 e. The predicted octanol–water partition coefficient (Wildman–Crippen LogP) is 4.21. The Hall–Kier alpha value is -1.22. The number of benzene rings is 2. The van der Waals surface area contributed by atoms with Crippen LogP contribution in [-0.2, 0) is 13.1 Å². The van der Waals surface area contributed by atoms with Crippen molar-refractivity contribution in [2.75, 3.05) is 12.8 Å². The summed E-state index contributed by atoms with van der Waals surface area (Å²) in [5.74, 6) is 0. The molecule has 0 unspecified atom stereocenters. The van der Waals surface area contributed by atoms with Crippen LogP contribution in [0.1, 0.15) is 11.1 Å². The molecule has 100 valence electrons. The second kappa shape index (κ2) is 6.29. The van der Waals surface area contributed by atoms with Crippen molar-refractivity contribution in [3.8, 4) is 0 Å². The molecule has 0 bridgehead atoms. The summed E-state index contributed by atoms with van der Waals surface area (Å²) in [4.78, 5) is 2.20. The molecule has 0 radical (unpaired) electrons. The van der Waals surface area contributed by atoms with Gasteiger partial charge in [-0.25, -0.2) is 0 Å². The van der Waals surface area contributed by atoms with E-state index in [2.05, 4.69) is 11.9 Å². The lowest BCUT2D eigenvalue weighted by Crippen LogP contribution is -2.17. The van der Waals surface area contributed by atoms with Gasteiger partial charge in [0.05, 0.1) is 0 Å². The van der Waals surface area contributed by atoms with E-state index in [0.717, 1.165) is 23.7 Å². The topological polar surface area (TPSA) is 29.3 Å². The Labute approximate surface area is 123 Å². The van der Waals surface area contributed by atoms with Crippen LogP contribution < -0.4 is 5.73 Å². The molecule has 0 amide bonds. The maximum Gasteiger partial charge on any atom is 0.0429 e. The molecule has 19 heavy (non-hydrogen) atoms. The lowest BCUT2D eigenvalue weighted by molar-refractivity contribution is 0.319. The van der Waals surface area contributed by atoms with Crippen LogP contribution in [0.25, 0.3) is 0 Å². The Balaban J connectivity index is 2.00. The van der Waals surface area contributed by atoms with Crippen LogP contribution in [0.3, 0.4) is 0 Å². The molecular formula is C15H16Cl2N2. The first kappa shape index (κ1) is 14.2. The van der Waals surface area contributed by atoms with Gasteiger partial charge in [-0.2, -0.15) is 0 Å². The molecule has 0 fully saturated rings. The fourth-order valence-corrected chi connectivity index (χ4v) is 2.43. The number of halogens is 2. The second-order valence-electron chi connectivity index (χ2n) is 4.69. The Morgan fingerprint density at radius 3 is 2.16 bits per heavy atom. The number of nitrogens with zero attached hydrogens (tertiary/aromatic N) is 1. The van der Waals surface area contributed by atoms with Crippen molar-refractivity contribution in [2.24, 2.45) is 0 Å². The van der Waals surface area contributed by atoms with Crippen molar-refractivity contribution in [2.45, 2.75) is 13.1 Å².